The van der Waals surface area contributed by atoms with Crippen molar-refractivity contribution in [3.8, 4) is 0 Å². The number of aromatic nitrogens is 3. The van der Waals surface area contributed by atoms with Crippen LogP contribution in [0.4, 0.5) is 5.82 Å². The van der Waals surface area contributed by atoms with Crippen LogP contribution < -0.4 is 5.32 Å². The molecule has 0 aliphatic carbocycles. The molecule has 1 atom stereocenters. The minimum Gasteiger partial charge on any atom is -0.305 e. The lowest BCUT2D eigenvalue weighted by Gasteiger charge is -2.32. The van der Waals surface area contributed by atoms with E-state index in [4.69, 9.17) is 16.6 Å². The number of rotatable bonds is 6. The van der Waals surface area contributed by atoms with E-state index in [1.165, 1.54) is 11.1 Å². The first-order valence-corrected chi connectivity index (χ1v) is 10.9. The molecule has 162 valence electrons. The SMILES string of the molecule is Cc1cc(Cc2cccc(Cl)c2)cc(C2CCCN(CC(=O)Nc3nonc3C)C2)n1. The summed E-state index contributed by atoms with van der Waals surface area (Å²) < 4.78 is 4.64. The number of pyridine rings is 1. The molecule has 2 aromatic heterocycles. The van der Waals surface area contributed by atoms with Crippen LogP contribution >= 0.6 is 11.6 Å². The molecule has 7 nitrogen and oxygen atoms in total. The van der Waals surface area contributed by atoms with Gasteiger partial charge in [-0.1, -0.05) is 28.9 Å². The summed E-state index contributed by atoms with van der Waals surface area (Å²) in [6, 6.07) is 12.3. The van der Waals surface area contributed by atoms with Crippen molar-refractivity contribution >= 4 is 23.3 Å². The minimum atomic E-state index is -0.113. The highest BCUT2D eigenvalue weighted by Crippen LogP contribution is 2.27. The van der Waals surface area contributed by atoms with Gasteiger partial charge in [0.1, 0.15) is 5.69 Å². The maximum Gasteiger partial charge on any atom is 0.239 e. The van der Waals surface area contributed by atoms with E-state index in [9.17, 15) is 4.79 Å². The van der Waals surface area contributed by atoms with Gasteiger partial charge in [-0.2, -0.15) is 0 Å². The number of halogens is 1. The van der Waals surface area contributed by atoms with Gasteiger partial charge in [0.05, 0.1) is 6.54 Å². The minimum absolute atomic E-state index is 0.113. The highest BCUT2D eigenvalue weighted by molar-refractivity contribution is 6.30. The van der Waals surface area contributed by atoms with Gasteiger partial charge in [0.2, 0.25) is 5.91 Å². The second-order valence-corrected chi connectivity index (χ2v) is 8.61. The fourth-order valence-corrected chi connectivity index (χ4v) is 4.34. The molecule has 1 unspecified atom stereocenters. The molecule has 4 rings (SSSR count). The lowest BCUT2D eigenvalue weighted by atomic mass is 9.92. The van der Waals surface area contributed by atoms with Gasteiger partial charge in [0, 0.05) is 28.9 Å². The summed E-state index contributed by atoms with van der Waals surface area (Å²) in [7, 11) is 0. The van der Waals surface area contributed by atoms with E-state index in [0.29, 0.717) is 24.0 Å². The smallest absolute Gasteiger partial charge is 0.239 e. The zero-order valence-electron chi connectivity index (χ0n) is 17.8. The second kappa shape index (κ2) is 9.58. The number of piperidine rings is 1. The average molecular weight is 440 g/mol. The maximum absolute atomic E-state index is 12.4. The van der Waals surface area contributed by atoms with E-state index in [0.717, 1.165) is 48.8 Å². The molecule has 3 aromatic rings. The van der Waals surface area contributed by atoms with Crippen molar-refractivity contribution in [1.29, 1.82) is 0 Å². The number of amides is 1. The van der Waals surface area contributed by atoms with Crippen molar-refractivity contribution in [2.24, 2.45) is 0 Å². The predicted molar refractivity (Wildman–Crippen MR) is 119 cm³/mol. The summed E-state index contributed by atoms with van der Waals surface area (Å²) in [6.45, 7) is 5.78. The largest absolute Gasteiger partial charge is 0.305 e. The number of hydrogen-bond acceptors (Lipinski definition) is 6. The molecule has 0 spiro atoms. The number of carbonyl (C=O) groups excluding carboxylic acids is 1. The van der Waals surface area contributed by atoms with Crippen LogP contribution in [0.25, 0.3) is 0 Å². The number of benzene rings is 1. The zero-order chi connectivity index (χ0) is 21.8. The van der Waals surface area contributed by atoms with Crippen LogP contribution in [-0.2, 0) is 11.2 Å². The summed E-state index contributed by atoms with van der Waals surface area (Å²) in [5, 5.41) is 10.9. The second-order valence-electron chi connectivity index (χ2n) is 8.17. The van der Waals surface area contributed by atoms with E-state index in [2.05, 4.69) is 43.4 Å². The van der Waals surface area contributed by atoms with Crippen LogP contribution in [0.3, 0.4) is 0 Å². The number of hydrogen-bond donors (Lipinski definition) is 1. The standard InChI is InChI=1S/C23H26ClN5O2/c1-15-9-18(10-17-5-3-7-20(24)11-17)12-21(25-15)19-6-4-8-29(13-19)14-22(30)26-23-16(2)27-31-28-23/h3,5,7,9,11-12,19H,4,6,8,10,13-14H2,1-2H3,(H,26,28,30). The molecule has 1 saturated heterocycles. The Morgan fingerprint density at radius 2 is 2.10 bits per heavy atom. The van der Waals surface area contributed by atoms with Crippen molar-refractivity contribution in [3.63, 3.8) is 0 Å². The van der Waals surface area contributed by atoms with Gasteiger partial charge in [0.15, 0.2) is 5.82 Å². The van der Waals surface area contributed by atoms with Gasteiger partial charge in [-0.15, -0.1) is 0 Å². The van der Waals surface area contributed by atoms with Crippen LogP contribution in [-0.4, -0.2) is 45.7 Å². The number of likely N-dealkylation sites (tertiary alicyclic amines) is 1. The van der Waals surface area contributed by atoms with Gasteiger partial charge in [-0.3, -0.25) is 14.7 Å². The van der Waals surface area contributed by atoms with Crippen molar-refractivity contribution in [2.75, 3.05) is 25.0 Å². The van der Waals surface area contributed by atoms with E-state index in [1.54, 1.807) is 6.92 Å². The average Bonchev–Trinajstić information content (AvgIpc) is 3.12. The molecule has 1 aliphatic heterocycles. The highest BCUT2D eigenvalue weighted by Gasteiger charge is 2.25. The van der Waals surface area contributed by atoms with Gasteiger partial charge >= 0.3 is 0 Å². The number of nitrogens with zero attached hydrogens (tertiary/aromatic N) is 4. The Morgan fingerprint density at radius 1 is 1.23 bits per heavy atom. The van der Waals surface area contributed by atoms with Crippen LogP contribution in [0.15, 0.2) is 41.0 Å². The van der Waals surface area contributed by atoms with Gasteiger partial charge in [-0.25, -0.2) is 4.63 Å². The van der Waals surface area contributed by atoms with Gasteiger partial charge < -0.3 is 5.32 Å². The molecule has 0 radical (unpaired) electrons. The van der Waals surface area contributed by atoms with E-state index < -0.39 is 0 Å². The third-order valence-electron chi connectivity index (χ3n) is 5.53. The molecule has 1 fully saturated rings. The topological polar surface area (TPSA) is 84.2 Å². The van der Waals surface area contributed by atoms with E-state index in [-0.39, 0.29) is 5.91 Å². The third kappa shape index (κ3) is 5.68. The fourth-order valence-electron chi connectivity index (χ4n) is 4.12. The van der Waals surface area contributed by atoms with E-state index in [1.807, 2.05) is 25.1 Å². The normalized spacial score (nSPS) is 16.9. The van der Waals surface area contributed by atoms with Crippen molar-refractivity contribution < 1.29 is 9.42 Å². The Morgan fingerprint density at radius 3 is 2.87 bits per heavy atom. The molecule has 3 heterocycles. The molecule has 0 bridgehead atoms. The van der Waals surface area contributed by atoms with Crippen LogP contribution in [0.1, 0.15) is 47.0 Å². The van der Waals surface area contributed by atoms with Gasteiger partial charge in [-0.05, 0) is 80.2 Å². The lowest BCUT2D eigenvalue weighted by Crippen LogP contribution is -2.40. The lowest BCUT2D eigenvalue weighted by molar-refractivity contribution is -0.117. The summed E-state index contributed by atoms with van der Waals surface area (Å²) in [4.78, 5) is 19.4. The molecular weight excluding hydrogens is 414 g/mol. The van der Waals surface area contributed by atoms with Crippen LogP contribution in [0, 0.1) is 13.8 Å². The monoisotopic (exact) mass is 439 g/mol. The van der Waals surface area contributed by atoms with Crippen molar-refractivity contribution in [3.05, 3.63) is 69.6 Å². The summed E-state index contributed by atoms with van der Waals surface area (Å²) in [5.41, 5.74) is 5.09. The third-order valence-corrected chi connectivity index (χ3v) is 5.77. The maximum atomic E-state index is 12.4. The molecule has 31 heavy (non-hydrogen) atoms. The van der Waals surface area contributed by atoms with Crippen LogP contribution in [0.5, 0.6) is 0 Å². The first kappa shape index (κ1) is 21.5. The molecular formula is C23H26ClN5O2. The Balaban J connectivity index is 1.42. The number of carbonyl (C=O) groups is 1. The highest BCUT2D eigenvalue weighted by atomic mass is 35.5. The number of nitrogens with one attached hydrogen (secondary N) is 1. The zero-order valence-corrected chi connectivity index (χ0v) is 18.5. The molecule has 1 aromatic carbocycles. The molecule has 1 amide bonds. The first-order chi connectivity index (χ1) is 15.0. The first-order valence-electron chi connectivity index (χ1n) is 10.5. The molecule has 0 saturated carbocycles. The Labute approximate surface area is 186 Å². The van der Waals surface area contributed by atoms with Crippen molar-refractivity contribution in [2.45, 2.75) is 39.0 Å². The van der Waals surface area contributed by atoms with Crippen LogP contribution in [0.2, 0.25) is 5.02 Å². The number of anilines is 1. The quantitative estimate of drug-likeness (QED) is 0.621. The molecule has 8 heteroatoms. The fraction of sp³-hybridized carbons (Fsp3) is 0.391. The Kier molecular flexibility index (Phi) is 6.63. The van der Waals surface area contributed by atoms with Crippen molar-refractivity contribution in [1.82, 2.24) is 20.2 Å². The van der Waals surface area contributed by atoms with Gasteiger partial charge in [0.25, 0.3) is 0 Å². The van der Waals surface area contributed by atoms with E-state index >= 15 is 0 Å². The Bertz CT molecular complexity index is 1070. The molecule has 1 N–H and O–H groups in total. The molecule has 1 aliphatic rings. The predicted octanol–water partition coefficient (Wildman–Crippen LogP) is 4.14. The summed E-state index contributed by atoms with van der Waals surface area (Å²) in [6.07, 6.45) is 2.92. The summed E-state index contributed by atoms with van der Waals surface area (Å²) in [5.74, 6) is 0.567. The summed E-state index contributed by atoms with van der Waals surface area (Å²) >= 11 is 6.14. The Hall–Kier alpha value is -2.77. The number of aryl methyl sites for hydroxylation is 2.